The Balaban J connectivity index is 1.60. The zero-order valence-electron chi connectivity index (χ0n) is 17.6. The van der Waals surface area contributed by atoms with Crippen molar-refractivity contribution in [3.05, 3.63) is 100 Å². The summed E-state index contributed by atoms with van der Waals surface area (Å²) in [7, 11) is 0. The average molecular weight is 412 g/mol. The molecule has 0 aliphatic heterocycles. The van der Waals surface area contributed by atoms with E-state index in [9.17, 15) is 4.79 Å². The Bertz CT molecular complexity index is 1280. The van der Waals surface area contributed by atoms with Gasteiger partial charge in [0.1, 0.15) is 12.4 Å². The van der Waals surface area contributed by atoms with Crippen molar-refractivity contribution >= 4 is 22.6 Å². The van der Waals surface area contributed by atoms with Gasteiger partial charge in [0.2, 0.25) is 5.95 Å². The van der Waals surface area contributed by atoms with E-state index in [0.29, 0.717) is 30.0 Å². The molecule has 3 aromatic carbocycles. The Kier molecular flexibility index (Phi) is 6.08. The second kappa shape index (κ2) is 9.26. The van der Waals surface area contributed by atoms with Crippen molar-refractivity contribution in [3.63, 3.8) is 0 Å². The lowest BCUT2D eigenvalue weighted by Gasteiger charge is -2.13. The molecule has 1 aromatic heterocycles. The maximum absolute atomic E-state index is 12.8. The molecule has 0 fully saturated rings. The fourth-order valence-corrected chi connectivity index (χ4v) is 3.37. The maximum atomic E-state index is 12.8. The lowest BCUT2D eigenvalue weighted by atomic mass is 10.1. The van der Waals surface area contributed by atoms with Crippen LogP contribution in [-0.4, -0.2) is 15.3 Å². The quantitative estimate of drug-likeness (QED) is 0.349. The van der Waals surface area contributed by atoms with Crippen molar-refractivity contribution < 1.29 is 4.74 Å². The van der Waals surface area contributed by atoms with E-state index in [1.54, 1.807) is 10.6 Å². The highest BCUT2D eigenvalue weighted by molar-refractivity contribution is 6.01. The molecule has 6 nitrogen and oxygen atoms in total. The van der Waals surface area contributed by atoms with Crippen LogP contribution in [0, 0.1) is 0 Å². The van der Waals surface area contributed by atoms with E-state index in [1.807, 2.05) is 86.6 Å². The van der Waals surface area contributed by atoms with Crippen LogP contribution >= 0.6 is 0 Å². The third-order valence-corrected chi connectivity index (χ3v) is 5.02. The van der Waals surface area contributed by atoms with Crippen LogP contribution in [0.25, 0.3) is 10.9 Å². The first-order valence-corrected chi connectivity index (χ1v) is 10.2. The number of hydrogen-bond donors (Lipinski definition) is 1. The molecule has 31 heavy (non-hydrogen) atoms. The second-order valence-corrected chi connectivity index (χ2v) is 7.08. The van der Waals surface area contributed by atoms with Crippen LogP contribution < -0.4 is 15.7 Å². The molecule has 0 atom stereocenters. The minimum Gasteiger partial charge on any atom is -0.488 e. The lowest BCUT2D eigenvalue weighted by Crippen LogP contribution is -2.23. The number of hydrazone groups is 1. The van der Waals surface area contributed by atoms with Gasteiger partial charge in [-0.2, -0.15) is 5.10 Å². The summed E-state index contributed by atoms with van der Waals surface area (Å²) < 4.78 is 7.62. The van der Waals surface area contributed by atoms with Crippen molar-refractivity contribution in [2.45, 2.75) is 27.0 Å². The zero-order valence-corrected chi connectivity index (χ0v) is 17.6. The summed E-state index contributed by atoms with van der Waals surface area (Å²) in [5, 5.41) is 5.09. The summed E-state index contributed by atoms with van der Waals surface area (Å²) in [6, 6.07) is 25.1. The van der Waals surface area contributed by atoms with Gasteiger partial charge in [0.15, 0.2) is 0 Å². The second-order valence-electron chi connectivity index (χ2n) is 7.08. The molecule has 0 aliphatic carbocycles. The Morgan fingerprint density at radius 3 is 2.52 bits per heavy atom. The van der Waals surface area contributed by atoms with E-state index in [4.69, 9.17) is 4.74 Å². The molecule has 6 heteroatoms. The van der Waals surface area contributed by atoms with Crippen molar-refractivity contribution in [2.75, 3.05) is 5.43 Å². The van der Waals surface area contributed by atoms with E-state index in [2.05, 4.69) is 15.5 Å². The SMILES string of the molecule is CCn1c(N/N=C(/C)c2ccccc2OCc2ccccc2)nc2ccccc2c1=O. The molecule has 0 amide bonds. The van der Waals surface area contributed by atoms with Crippen LogP contribution in [-0.2, 0) is 13.2 Å². The van der Waals surface area contributed by atoms with Gasteiger partial charge in [-0.1, -0.05) is 54.6 Å². The smallest absolute Gasteiger partial charge is 0.262 e. The monoisotopic (exact) mass is 412 g/mol. The number of hydrogen-bond acceptors (Lipinski definition) is 5. The van der Waals surface area contributed by atoms with Gasteiger partial charge >= 0.3 is 0 Å². The summed E-state index contributed by atoms with van der Waals surface area (Å²) in [5.41, 5.74) is 6.23. The van der Waals surface area contributed by atoms with Gasteiger partial charge in [0.25, 0.3) is 5.56 Å². The van der Waals surface area contributed by atoms with Crippen molar-refractivity contribution in [1.29, 1.82) is 0 Å². The molecule has 156 valence electrons. The number of fused-ring (bicyclic) bond motifs is 1. The Morgan fingerprint density at radius 2 is 1.71 bits per heavy atom. The van der Waals surface area contributed by atoms with E-state index < -0.39 is 0 Å². The van der Waals surface area contributed by atoms with Crippen LogP contribution in [0.3, 0.4) is 0 Å². The highest BCUT2D eigenvalue weighted by Gasteiger charge is 2.11. The molecule has 0 unspecified atom stereocenters. The molecular weight excluding hydrogens is 388 g/mol. The summed E-state index contributed by atoms with van der Waals surface area (Å²) in [5.74, 6) is 1.15. The maximum Gasteiger partial charge on any atom is 0.262 e. The standard InChI is InChI=1S/C25H24N4O2/c1-3-29-24(30)21-14-7-9-15-22(21)26-25(29)28-27-18(2)20-13-8-10-16-23(20)31-17-19-11-5-4-6-12-19/h4-16H,3,17H2,1-2H3,(H,26,28)/b27-18-. The third kappa shape index (κ3) is 4.48. The largest absolute Gasteiger partial charge is 0.488 e. The number of nitrogens with one attached hydrogen (secondary N) is 1. The number of rotatable bonds is 7. The zero-order chi connectivity index (χ0) is 21.6. The first-order valence-electron chi connectivity index (χ1n) is 10.2. The van der Waals surface area contributed by atoms with Crippen molar-refractivity contribution in [2.24, 2.45) is 5.10 Å². The first-order chi connectivity index (χ1) is 15.2. The fraction of sp³-hybridized carbons (Fsp3) is 0.160. The number of nitrogens with zero attached hydrogens (tertiary/aromatic N) is 3. The fourth-order valence-electron chi connectivity index (χ4n) is 3.37. The van der Waals surface area contributed by atoms with Gasteiger partial charge in [-0.05, 0) is 43.7 Å². The van der Waals surface area contributed by atoms with E-state index in [0.717, 1.165) is 22.6 Å². The summed E-state index contributed by atoms with van der Waals surface area (Å²) in [6.07, 6.45) is 0. The van der Waals surface area contributed by atoms with E-state index in [1.165, 1.54) is 0 Å². The van der Waals surface area contributed by atoms with Crippen LogP contribution in [0.2, 0.25) is 0 Å². The van der Waals surface area contributed by atoms with Gasteiger partial charge in [0.05, 0.1) is 16.6 Å². The third-order valence-electron chi connectivity index (χ3n) is 5.02. The molecule has 4 rings (SSSR count). The van der Waals surface area contributed by atoms with Crippen molar-refractivity contribution in [1.82, 2.24) is 9.55 Å². The Labute approximate surface area is 180 Å². The topological polar surface area (TPSA) is 68.5 Å². The summed E-state index contributed by atoms with van der Waals surface area (Å²) >= 11 is 0. The molecule has 0 aliphatic rings. The molecule has 4 aromatic rings. The van der Waals surface area contributed by atoms with Crippen LogP contribution in [0.1, 0.15) is 25.0 Å². The van der Waals surface area contributed by atoms with Crippen LogP contribution in [0.15, 0.2) is 88.8 Å². The van der Waals surface area contributed by atoms with Gasteiger partial charge in [-0.25, -0.2) is 10.4 Å². The van der Waals surface area contributed by atoms with Crippen LogP contribution in [0.5, 0.6) is 5.75 Å². The highest BCUT2D eigenvalue weighted by atomic mass is 16.5. The molecule has 0 saturated carbocycles. The molecule has 0 bridgehead atoms. The Hall–Kier alpha value is -3.93. The predicted molar refractivity (Wildman–Crippen MR) is 125 cm³/mol. The lowest BCUT2D eigenvalue weighted by molar-refractivity contribution is 0.305. The molecule has 0 radical (unpaired) electrons. The van der Waals surface area contributed by atoms with Gasteiger partial charge in [0, 0.05) is 12.1 Å². The number of benzene rings is 3. The first kappa shape index (κ1) is 20.3. The van der Waals surface area contributed by atoms with E-state index in [-0.39, 0.29) is 5.56 Å². The van der Waals surface area contributed by atoms with Gasteiger partial charge in [-0.3, -0.25) is 9.36 Å². The number of aromatic nitrogens is 2. The van der Waals surface area contributed by atoms with E-state index >= 15 is 0 Å². The summed E-state index contributed by atoms with van der Waals surface area (Å²) in [6.45, 7) is 4.77. The molecule has 1 heterocycles. The molecule has 0 saturated heterocycles. The number of para-hydroxylation sites is 2. The highest BCUT2D eigenvalue weighted by Crippen LogP contribution is 2.21. The predicted octanol–water partition coefficient (Wildman–Crippen LogP) is 4.83. The van der Waals surface area contributed by atoms with Crippen LogP contribution in [0.4, 0.5) is 5.95 Å². The minimum absolute atomic E-state index is 0.0879. The van der Waals surface area contributed by atoms with Crippen molar-refractivity contribution in [3.8, 4) is 5.75 Å². The minimum atomic E-state index is -0.0879. The number of ether oxygens (including phenoxy) is 1. The average Bonchev–Trinajstić information content (AvgIpc) is 2.82. The molecular formula is C25H24N4O2. The molecule has 1 N–H and O–H groups in total. The normalized spacial score (nSPS) is 11.5. The van der Waals surface area contributed by atoms with Gasteiger partial charge < -0.3 is 4.74 Å². The summed E-state index contributed by atoms with van der Waals surface area (Å²) in [4.78, 5) is 17.4. The number of anilines is 1. The Morgan fingerprint density at radius 1 is 1.00 bits per heavy atom. The van der Waals surface area contributed by atoms with Gasteiger partial charge in [-0.15, -0.1) is 0 Å². The molecule has 0 spiro atoms.